The number of carbonyl (C=O) groups is 1. The van der Waals surface area contributed by atoms with Crippen LogP contribution in [0.15, 0.2) is 54.6 Å². The molecule has 0 aromatic heterocycles. The van der Waals surface area contributed by atoms with Crippen LogP contribution in [0.5, 0.6) is 11.5 Å². The van der Waals surface area contributed by atoms with Gasteiger partial charge >= 0.3 is 0 Å². The van der Waals surface area contributed by atoms with Gasteiger partial charge < -0.3 is 19.3 Å². The second kappa shape index (κ2) is 13.1. The van der Waals surface area contributed by atoms with Crippen LogP contribution >= 0.6 is 11.6 Å². The number of hydrogen-bond acceptors (Lipinski definition) is 5. The maximum absolute atomic E-state index is 14.9. The van der Waals surface area contributed by atoms with Crippen molar-refractivity contribution in [3.63, 3.8) is 0 Å². The molecule has 1 atom stereocenters. The average Bonchev–Trinajstić information content (AvgIpc) is 2.98. The third kappa shape index (κ3) is 6.34. The molecule has 44 heavy (non-hydrogen) atoms. The Bertz CT molecular complexity index is 1500. The molecule has 234 valence electrons. The number of benzene rings is 3. The molecule has 3 aromatic rings. The number of aryl methyl sites for hydroxylation is 1. The molecular weight excluding hydrogens is 575 g/mol. The SMILES string of the molecule is CCCN(CCN1CCC(c2cccc3c2OC(C)(c2ccc(Cl)cc2F)CO3)CC1)c1cc(C(=O)C2CCC2)ccc1C. The predicted molar refractivity (Wildman–Crippen MR) is 175 cm³/mol. The van der Waals surface area contributed by atoms with E-state index >= 15 is 0 Å². The van der Waals surface area contributed by atoms with Gasteiger partial charge in [0, 0.05) is 53.0 Å². The lowest BCUT2D eigenvalue weighted by molar-refractivity contribution is -0.00182. The van der Waals surface area contributed by atoms with Crippen LogP contribution in [0.1, 0.15) is 85.3 Å². The first-order chi connectivity index (χ1) is 21.3. The zero-order chi connectivity index (χ0) is 30.8. The number of Topliss-reactive ketones (excluding diaryl/α,β-unsaturated/α-hetero) is 1. The Kier molecular flexibility index (Phi) is 9.21. The monoisotopic (exact) mass is 618 g/mol. The first kappa shape index (κ1) is 30.9. The van der Waals surface area contributed by atoms with Gasteiger partial charge in [-0.3, -0.25) is 4.79 Å². The highest BCUT2D eigenvalue weighted by Crippen LogP contribution is 2.46. The van der Waals surface area contributed by atoms with Crippen LogP contribution in [0.2, 0.25) is 5.02 Å². The molecular formula is C37H44ClFN2O3. The van der Waals surface area contributed by atoms with Crippen LogP contribution < -0.4 is 14.4 Å². The third-order valence-corrected chi connectivity index (χ3v) is 10.1. The van der Waals surface area contributed by atoms with Crippen molar-refractivity contribution in [2.24, 2.45) is 5.92 Å². The van der Waals surface area contributed by atoms with E-state index in [0.29, 0.717) is 22.3 Å². The Balaban J connectivity index is 1.11. The van der Waals surface area contributed by atoms with Gasteiger partial charge in [0.15, 0.2) is 22.9 Å². The lowest BCUT2D eigenvalue weighted by Crippen LogP contribution is -2.41. The lowest BCUT2D eigenvalue weighted by atomic mass is 9.80. The van der Waals surface area contributed by atoms with E-state index < -0.39 is 5.60 Å². The molecule has 5 nitrogen and oxygen atoms in total. The summed E-state index contributed by atoms with van der Waals surface area (Å²) in [7, 11) is 0. The molecule has 0 amide bonds. The number of ether oxygens (including phenoxy) is 2. The molecule has 3 aliphatic rings. The molecule has 2 fully saturated rings. The molecule has 6 rings (SSSR count). The minimum Gasteiger partial charge on any atom is -0.485 e. The Labute approximate surface area is 266 Å². The molecule has 0 bridgehead atoms. The van der Waals surface area contributed by atoms with Crippen molar-refractivity contribution in [3.05, 3.63) is 87.7 Å². The fraction of sp³-hybridized carbons (Fsp3) is 0.486. The van der Waals surface area contributed by atoms with E-state index in [-0.39, 0.29) is 18.3 Å². The minimum absolute atomic E-state index is 0.214. The highest BCUT2D eigenvalue weighted by molar-refractivity contribution is 6.30. The standard InChI is InChI=1S/C37H44ClFN2O3/c1-4-17-41(33-22-28(12-11-25(33)2)35(42)27-7-5-8-27)21-20-40-18-15-26(16-19-40)30-9-6-10-34-36(30)44-37(3,24-43-34)31-14-13-29(38)23-32(31)39/h6,9-14,22-23,26-27H,4-5,7-8,15-21,24H2,1-3H3. The summed E-state index contributed by atoms with van der Waals surface area (Å²) in [6.07, 6.45) is 6.32. The van der Waals surface area contributed by atoms with Crippen molar-refractivity contribution in [2.45, 2.75) is 70.8 Å². The van der Waals surface area contributed by atoms with Crippen LogP contribution in [0, 0.1) is 18.7 Å². The fourth-order valence-corrected chi connectivity index (χ4v) is 7.12. The molecule has 1 saturated heterocycles. The molecule has 0 radical (unpaired) electrons. The van der Waals surface area contributed by atoms with E-state index in [0.717, 1.165) is 87.5 Å². The van der Waals surface area contributed by atoms with Gasteiger partial charge in [-0.1, -0.05) is 55.3 Å². The smallest absolute Gasteiger partial charge is 0.168 e. The first-order valence-corrected chi connectivity index (χ1v) is 16.7. The molecule has 1 saturated carbocycles. The summed E-state index contributed by atoms with van der Waals surface area (Å²) in [5.74, 6) is 1.93. The predicted octanol–water partition coefficient (Wildman–Crippen LogP) is 8.55. The molecule has 1 aliphatic carbocycles. The Morgan fingerprint density at radius 3 is 2.57 bits per heavy atom. The number of carbonyl (C=O) groups excluding carboxylic acids is 1. The van der Waals surface area contributed by atoms with Crippen molar-refractivity contribution in [1.82, 2.24) is 4.90 Å². The number of fused-ring (bicyclic) bond motifs is 1. The normalized spacial score (nSPS) is 20.8. The summed E-state index contributed by atoms with van der Waals surface area (Å²) < 4.78 is 27.7. The van der Waals surface area contributed by atoms with Gasteiger partial charge in [-0.05, 0) is 94.8 Å². The molecule has 7 heteroatoms. The van der Waals surface area contributed by atoms with Crippen LogP contribution in [0.4, 0.5) is 10.1 Å². The number of rotatable bonds is 10. The van der Waals surface area contributed by atoms with Crippen LogP contribution in [-0.4, -0.2) is 50.0 Å². The van der Waals surface area contributed by atoms with E-state index in [2.05, 4.69) is 41.8 Å². The zero-order valence-electron chi connectivity index (χ0n) is 26.2. The molecule has 1 unspecified atom stereocenters. The number of ketones is 1. The summed E-state index contributed by atoms with van der Waals surface area (Å²) in [5, 5.41) is 0.361. The quantitative estimate of drug-likeness (QED) is 0.213. The molecule has 2 aliphatic heterocycles. The van der Waals surface area contributed by atoms with Crippen LogP contribution in [0.3, 0.4) is 0 Å². The van der Waals surface area contributed by atoms with Crippen molar-refractivity contribution in [3.8, 4) is 11.5 Å². The van der Waals surface area contributed by atoms with Gasteiger partial charge in [0.1, 0.15) is 12.4 Å². The van der Waals surface area contributed by atoms with Crippen molar-refractivity contribution in [1.29, 1.82) is 0 Å². The lowest BCUT2D eigenvalue weighted by Gasteiger charge is -2.39. The van der Waals surface area contributed by atoms with Gasteiger partial charge in [-0.25, -0.2) is 4.39 Å². The van der Waals surface area contributed by atoms with Gasteiger partial charge in [0.05, 0.1) is 0 Å². The number of piperidine rings is 1. The highest BCUT2D eigenvalue weighted by Gasteiger charge is 2.39. The summed E-state index contributed by atoms with van der Waals surface area (Å²) in [6, 6.07) is 17.1. The van der Waals surface area contributed by atoms with Crippen molar-refractivity contribution < 1.29 is 18.7 Å². The number of anilines is 1. The highest BCUT2D eigenvalue weighted by atomic mass is 35.5. The van der Waals surface area contributed by atoms with Gasteiger partial charge in [0.2, 0.25) is 0 Å². The topological polar surface area (TPSA) is 42.0 Å². The van der Waals surface area contributed by atoms with Crippen LogP contribution in [0.25, 0.3) is 0 Å². The number of halogens is 2. The number of hydrogen-bond donors (Lipinski definition) is 0. The van der Waals surface area contributed by atoms with Gasteiger partial charge in [-0.15, -0.1) is 0 Å². The maximum Gasteiger partial charge on any atom is 0.168 e. The summed E-state index contributed by atoms with van der Waals surface area (Å²) in [4.78, 5) is 18.0. The van der Waals surface area contributed by atoms with E-state index in [1.165, 1.54) is 23.7 Å². The Morgan fingerprint density at radius 1 is 1.07 bits per heavy atom. The maximum atomic E-state index is 14.9. The minimum atomic E-state index is -0.945. The number of para-hydroxylation sites is 1. The van der Waals surface area contributed by atoms with Crippen LogP contribution in [-0.2, 0) is 5.60 Å². The second-order valence-electron chi connectivity index (χ2n) is 13.0. The Morgan fingerprint density at radius 2 is 1.86 bits per heavy atom. The number of nitrogens with zero attached hydrogens (tertiary/aromatic N) is 2. The second-order valence-corrected chi connectivity index (χ2v) is 13.5. The number of likely N-dealkylation sites (tertiary alicyclic amines) is 1. The molecule has 2 heterocycles. The molecule has 0 spiro atoms. The van der Waals surface area contributed by atoms with E-state index in [4.69, 9.17) is 21.1 Å². The first-order valence-electron chi connectivity index (χ1n) is 16.3. The van der Waals surface area contributed by atoms with E-state index in [9.17, 15) is 9.18 Å². The summed E-state index contributed by atoms with van der Waals surface area (Å²) >= 11 is 6.02. The summed E-state index contributed by atoms with van der Waals surface area (Å²) in [6.45, 7) is 11.4. The van der Waals surface area contributed by atoms with Gasteiger partial charge in [-0.2, -0.15) is 0 Å². The Hall–Kier alpha value is -3.09. The van der Waals surface area contributed by atoms with E-state index in [1.54, 1.807) is 12.1 Å². The summed E-state index contributed by atoms with van der Waals surface area (Å²) in [5.41, 5.74) is 3.92. The van der Waals surface area contributed by atoms with Crippen molar-refractivity contribution >= 4 is 23.1 Å². The molecule has 3 aromatic carbocycles. The fourth-order valence-electron chi connectivity index (χ4n) is 6.96. The zero-order valence-corrected chi connectivity index (χ0v) is 27.0. The molecule has 0 N–H and O–H groups in total. The average molecular weight is 619 g/mol. The van der Waals surface area contributed by atoms with E-state index in [1.807, 2.05) is 25.1 Å². The van der Waals surface area contributed by atoms with Gasteiger partial charge in [0.25, 0.3) is 0 Å². The largest absolute Gasteiger partial charge is 0.485 e. The third-order valence-electron chi connectivity index (χ3n) is 9.86. The van der Waals surface area contributed by atoms with Crippen molar-refractivity contribution in [2.75, 3.05) is 44.2 Å².